The summed E-state index contributed by atoms with van der Waals surface area (Å²) in [6.07, 6.45) is 2.08. The van der Waals surface area contributed by atoms with Gasteiger partial charge in [0.1, 0.15) is 0 Å². The molecule has 0 saturated heterocycles. The van der Waals surface area contributed by atoms with Gasteiger partial charge in [-0.25, -0.2) is 0 Å². The van der Waals surface area contributed by atoms with E-state index in [1.54, 1.807) is 18.1 Å². The second kappa shape index (κ2) is 7.60. The van der Waals surface area contributed by atoms with Gasteiger partial charge in [0.2, 0.25) is 12.2 Å². The first kappa shape index (κ1) is 15.3. The Morgan fingerprint density at radius 3 is 2.52 bits per heavy atom. The third kappa shape index (κ3) is 4.20. The summed E-state index contributed by atoms with van der Waals surface area (Å²) in [5.41, 5.74) is 1.84. The van der Waals surface area contributed by atoms with Crippen LogP contribution < -0.4 is 10.00 Å². The topological polar surface area (TPSA) is 61.7 Å². The number of nitrogens with zero attached hydrogens (tertiary/aromatic N) is 2. The van der Waals surface area contributed by atoms with Crippen molar-refractivity contribution in [3.05, 3.63) is 67.0 Å². The standard InChI is InChI=1S/C17H16N4OS/c22-16(20-14-7-3-1-4-8-14)11-12-23-17-18-13-19-21(17)15-9-5-2-6-10-15/h1-10,13H,11-12H2,(H,20,22)/p+1. The van der Waals surface area contributed by atoms with Crippen LogP contribution >= 0.6 is 11.8 Å². The van der Waals surface area contributed by atoms with Gasteiger partial charge in [-0.15, -0.1) is 4.68 Å². The van der Waals surface area contributed by atoms with E-state index in [9.17, 15) is 4.79 Å². The number of hydrogen-bond acceptors (Lipinski definition) is 3. The molecule has 3 rings (SSSR count). The van der Waals surface area contributed by atoms with E-state index in [0.717, 1.165) is 16.5 Å². The molecular weight excluding hydrogens is 308 g/mol. The minimum Gasteiger partial charge on any atom is -0.326 e. The Morgan fingerprint density at radius 1 is 1.09 bits per heavy atom. The summed E-state index contributed by atoms with van der Waals surface area (Å²) in [5.74, 6) is 0.668. The predicted octanol–water partition coefficient (Wildman–Crippen LogP) is 2.81. The number of para-hydroxylation sites is 2. The molecule has 0 unspecified atom stereocenters. The molecule has 0 atom stereocenters. The number of amides is 1. The molecule has 2 aromatic carbocycles. The summed E-state index contributed by atoms with van der Waals surface area (Å²) >= 11 is 1.55. The number of rotatable bonds is 6. The number of aromatic amines is 1. The van der Waals surface area contributed by atoms with Gasteiger partial charge < -0.3 is 5.32 Å². The van der Waals surface area contributed by atoms with E-state index in [0.29, 0.717) is 12.2 Å². The SMILES string of the molecule is O=C(CCSc1nc[nH][n+]1-c1ccccc1)Nc1ccccc1. The van der Waals surface area contributed by atoms with E-state index >= 15 is 0 Å². The van der Waals surface area contributed by atoms with Gasteiger partial charge in [0.15, 0.2) is 5.69 Å². The average molecular weight is 325 g/mol. The van der Waals surface area contributed by atoms with Crippen LogP contribution in [0.4, 0.5) is 5.69 Å². The van der Waals surface area contributed by atoms with Crippen LogP contribution in [0.15, 0.2) is 72.1 Å². The van der Waals surface area contributed by atoms with Crippen LogP contribution in [0.25, 0.3) is 5.69 Å². The molecule has 0 spiro atoms. The van der Waals surface area contributed by atoms with Gasteiger partial charge in [0.25, 0.3) is 0 Å². The van der Waals surface area contributed by atoms with Crippen molar-refractivity contribution in [2.45, 2.75) is 11.6 Å². The quantitative estimate of drug-likeness (QED) is 0.541. The molecule has 5 nitrogen and oxygen atoms in total. The average Bonchev–Trinajstić information content (AvgIpc) is 3.05. The van der Waals surface area contributed by atoms with E-state index < -0.39 is 0 Å². The first-order chi connectivity index (χ1) is 11.3. The zero-order valence-corrected chi connectivity index (χ0v) is 13.3. The highest BCUT2D eigenvalue weighted by Crippen LogP contribution is 2.14. The molecule has 3 aromatic rings. The molecule has 0 radical (unpaired) electrons. The smallest absolute Gasteiger partial charge is 0.326 e. The molecule has 2 N–H and O–H groups in total. The maximum Gasteiger partial charge on any atom is 0.385 e. The minimum atomic E-state index is 0.00509. The van der Waals surface area contributed by atoms with E-state index in [1.165, 1.54) is 0 Å². The number of hydrogen-bond donors (Lipinski definition) is 2. The first-order valence-corrected chi connectivity index (χ1v) is 8.30. The zero-order chi connectivity index (χ0) is 15.9. The zero-order valence-electron chi connectivity index (χ0n) is 12.5. The van der Waals surface area contributed by atoms with Gasteiger partial charge in [0.05, 0.1) is 0 Å². The summed E-state index contributed by atoms with van der Waals surface area (Å²) in [6, 6.07) is 19.4. The fourth-order valence-corrected chi connectivity index (χ4v) is 2.98. The Balaban J connectivity index is 1.54. The Morgan fingerprint density at radius 2 is 1.78 bits per heavy atom. The number of anilines is 1. The highest BCUT2D eigenvalue weighted by molar-refractivity contribution is 7.99. The van der Waals surface area contributed by atoms with Gasteiger partial charge in [-0.2, -0.15) is 5.10 Å². The number of aromatic nitrogens is 3. The van der Waals surface area contributed by atoms with Crippen LogP contribution in [-0.2, 0) is 4.79 Å². The molecule has 0 aliphatic rings. The first-order valence-electron chi connectivity index (χ1n) is 7.31. The molecule has 0 bridgehead atoms. The fraction of sp³-hybridized carbons (Fsp3) is 0.118. The van der Waals surface area contributed by atoms with E-state index in [2.05, 4.69) is 15.4 Å². The lowest BCUT2D eigenvalue weighted by Crippen LogP contribution is -2.34. The maximum atomic E-state index is 11.9. The minimum absolute atomic E-state index is 0.00509. The normalized spacial score (nSPS) is 10.4. The van der Waals surface area contributed by atoms with E-state index in [1.807, 2.05) is 65.3 Å². The van der Waals surface area contributed by atoms with Crippen LogP contribution in [0.5, 0.6) is 0 Å². The highest BCUT2D eigenvalue weighted by atomic mass is 32.2. The van der Waals surface area contributed by atoms with Crippen LogP contribution in [0.2, 0.25) is 0 Å². The van der Waals surface area contributed by atoms with Gasteiger partial charge in [0, 0.05) is 17.9 Å². The van der Waals surface area contributed by atoms with Gasteiger partial charge in [-0.1, -0.05) is 36.4 Å². The largest absolute Gasteiger partial charge is 0.385 e. The van der Waals surface area contributed by atoms with Crippen LogP contribution in [0.3, 0.4) is 0 Å². The van der Waals surface area contributed by atoms with Crippen LogP contribution in [0, 0.1) is 0 Å². The molecule has 1 aromatic heterocycles. The number of benzene rings is 2. The Labute approximate surface area is 138 Å². The number of nitrogens with one attached hydrogen (secondary N) is 2. The van der Waals surface area contributed by atoms with Crippen molar-refractivity contribution in [1.82, 2.24) is 10.1 Å². The van der Waals surface area contributed by atoms with Crippen molar-refractivity contribution in [2.24, 2.45) is 0 Å². The molecule has 0 fully saturated rings. The Bertz CT molecular complexity index is 759. The van der Waals surface area contributed by atoms with Crippen molar-refractivity contribution < 1.29 is 9.48 Å². The van der Waals surface area contributed by atoms with Crippen LogP contribution in [0.1, 0.15) is 6.42 Å². The van der Waals surface area contributed by atoms with Gasteiger partial charge in [-0.05, 0) is 41.0 Å². The van der Waals surface area contributed by atoms with Crippen molar-refractivity contribution in [2.75, 3.05) is 11.1 Å². The van der Waals surface area contributed by atoms with Crippen molar-refractivity contribution in [1.29, 1.82) is 0 Å². The molecule has 23 heavy (non-hydrogen) atoms. The maximum absolute atomic E-state index is 11.9. The Kier molecular flexibility index (Phi) is 5.06. The van der Waals surface area contributed by atoms with Crippen molar-refractivity contribution in [3.8, 4) is 5.69 Å². The lowest BCUT2D eigenvalue weighted by molar-refractivity contribution is -0.694. The summed E-state index contributed by atoms with van der Waals surface area (Å²) in [6.45, 7) is 0. The lowest BCUT2D eigenvalue weighted by Gasteiger charge is -2.03. The molecular formula is C17H17N4OS+. The van der Waals surface area contributed by atoms with Crippen molar-refractivity contribution >= 4 is 23.4 Å². The highest BCUT2D eigenvalue weighted by Gasteiger charge is 2.17. The lowest BCUT2D eigenvalue weighted by atomic mass is 10.3. The number of carbonyl (C=O) groups is 1. The molecule has 0 aliphatic heterocycles. The monoisotopic (exact) mass is 325 g/mol. The molecule has 6 heteroatoms. The van der Waals surface area contributed by atoms with Gasteiger partial charge in [-0.3, -0.25) is 4.79 Å². The Hall–Kier alpha value is -2.60. The third-order valence-electron chi connectivity index (χ3n) is 3.19. The molecule has 0 saturated carbocycles. The van der Waals surface area contributed by atoms with E-state index in [4.69, 9.17) is 0 Å². The summed E-state index contributed by atoms with van der Waals surface area (Å²) in [7, 11) is 0. The van der Waals surface area contributed by atoms with Crippen molar-refractivity contribution in [3.63, 3.8) is 0 Å². The van der Waals surface area contributed by atoms with E-state index in [-0.39, 0.29) is 5.91 Å². The molecule has 0 aliphatic carbocycles. The third-order valence-corrected chi connectivity index (χ3v) is 4.14. The number of carbonyl (C=O) groups excluding carboxylic acids is 1. The number of H-pyrrole nitrogens is 1. The molecule has 116 valence electrons. The summed E-state index contributed by atoms with van der Waals surface area (Å²) in [5, 5.41) is 6.80. The van der Waals surface area contributed by atoms with Gasteiger partial charge >= 0.3 is 5.16 Å². The predicted molar refractivity (Wildman–Crippen MR) is 90.5 cm³/mol. The summed E-state index contributed by atoms with van der Waals surface area (Å²) < 4.78 is 1.90. The molecule has 1 amide bonds. The van der Waals surface area contributed by atoms with Crippen LogP contribution in [-0.4, -0.2) is 21.7 Å². The number of thioether (sulfide) groups is 1. The second-order valence-corrected chi connectivity index (χ2v) is 5.92. The summed E-state index contributed by atoms with van der Waals surface area (Å²) in [4.78, 5) is 16.2. The fourth-order valence-electron chi connectivity index (χ4n) is 2.10. The second-order valence-electron chi connectivity index (χ2n) is 4.85. The molecule has 1 heterocycles.